The van der Waals surface area contributed by atoms with Gasteiger partial charge in [-0.2, -0.15) is 0 Å². The van der Waals surface area contributed by atoms with E-state index in [1.807, 2.05) is 6.20 Å². The molecule has 0 radical (unpaired) electrons. The third-order valence-electron chi connectivity index (χ3n) is 3.51. The lowest BCUT2D eigenvalue weighted by molar-refractivity contribution is 0.0786. The van der Waals surface area contributed by atoms with E-state index in [4.69, 9.17) is 16.3 Å². The Morgan fingerprint density at radius 2 is 2.12 bits per heavy atom. The van der Waals surface area contributed by atoms with Gasteiger partial charge in [0.1, 0.15) is 28.2 Å². The van der Waals surface area contributed by atoms with Gasteiger partial charge in [0.05, 0.1) is 5.02 Å². The van der Waals surface area contributed by atoms with E-state index in [0.717, 1.165) is 9.74 Å². The fraction of sp³-hybridized carbons (Fsp3) is 0.438. The Hall–Kier alpha value is -0.483. The van der Waals surface area contributed by atoms with Crippen molar-refractivity contribution in [1.82, 2.24) is 9.55 Å². The van der Waals surface area contributed by atoms with E-state index in [0.29, 0.717) is 24.7 Å². The second-order valence-electron chi connectivity index (χ2n) is 6.82. The third-order valence-corrected chi connectivity index (χ3v) is 6.02. The molecule has 0 amide bonds. The van der Waals surface area contributed by atoms with Crippen LogP contribution in [-0.2, 0) is 11.5 Å². The Morgan fingerprint density at radius 3 is 2.75 bits per heavy atom. The average molecular weight is 483 g/mol. The molecule has 2 rings (SSSR count). The third kappa shape index (κ3) is 5.52. The maximum Gasteiger partial charge on any atom is 0.145 e. The number of benzene rings is 1. The molecule has 0 spiro atoms. The molecule has 1 unspecified atom stereocenters. The highest BCUT2D eigenvalue weighted by molar-refractivity contribution is 14.1. The normalized spacial score (nSPS) is 13.3. The first-order valence-corrected chi connectivity index (χ1v) is 12.8. The summed E-state index contributed by atoms with van der Waals surface area (Å²) in [6.07, 6.45) is 0.825. The van der Waals surface area contributed by atoms with Gasteiger partial charge in [0.2, 0.25) is 0 Å². The molecular formula is C16H21ClFIN2O2Si. The van der Waals surface area contributed by atoms with Crippen molar-refractivity contribution >= 4 is 42.3 Å². The molecule has 8 heteroatoms. The van der Waals surface area contributed by atoms with Crippen LogP contribution in [0.15, 0.2) is 24.4 Å². The summed E-state index contributed by atoms with van der Waals surface area (Å²) < 4.78 is 21.6. The van der Waals surface area contributed by atoms with Gasteiger partial charge >= 0.3 is 0 Å². The van der Waals surface area contributed by atoms with Crippen molar-refractivity contribution in [2.45, 2.75) is 38.5 Å². The highest BCUT2D eigenvalue weighted by Gasteiger charge is 2.19. The molecule has 1 aromatic heterocycles. The number of ether oxygens (including phenoxy) is 1. The second kappa shape index (κ2) is 8.26. The number of halogens is 3. The number of hydrogen-bond acceptors (Lipinski definition) is 3. The maximum absolute atomic E-state index is 13.3. The van der Waals surface area contributed by atoms with Crippen LogP contribution in [-0.4, -0.2) is 29.3 Å². The molecule has 0 bridgehead atoms. The molecule has 0 fully saturated rings. The zero-order valence-electron chi connectivity index (χ0n) is 13.9. The van der Waals surface area contributed by atoms with Crippen LogP contribution in [0.1, 0.15) is 17.5 Å². The first-order chi connectivity index (χ1) is 11.2. The van der Waals surface area contributed by atoms with Crippen LogP contribution >= 0.6 is 34.2 Å². The fourth-order valence-corrected chi connectivity index (χ4v) is 3.62. The predicted molar refractivity (Wildman–Crippen MR) is 105 cm³/mol. The van der Waals surface area contributed by atoms with Crippen LogP contribution in [0.25, 0.3) is 0 Å². The molecule has 0 aliphatic rings. The van der Waals surface area contributed by atoms with Gasteiger partial charge < -0.3 is 14.4 Å². The van der Waals surface area contributed by atoms with Gasteiger partial charge in [0.25, 0.3) is 0 Å². The minimum atomic E-state index is -1.14. The Kier molecular flexibility index (Phi) is 6.83. The number of aliphatic hydroxyl groups excluding tert-OH is 1. The average Bonchev–Trinajstić information content (AvgIpc) is 2.86. The van der Waals surface area contributed by atoms with Crippen LogP contribution in [0.2, 0.25) is 30.7 Å². The van der Waals surface area contributed by atoms with Crippen LogP contribution in [0, 0.1) is 9.52 Å². The standard InChI is InChI=1S/C16H21ClFIN2O2Si/c1-24(2,3)7-6-23-10-21-9-14(19)20-16(21)15(22)11-4-5-13(18)12(17)8-11/h4-5,8-9,15,22H,6-7,10H2,1-3H3. The summed E-state index contributed by atoms with van der Waals surface area (Å²) in [5.74, 6) is -0.0599. The molecule has 0 saturated heterocycles. The summed E-state index contributed by atoms with van der Waals surface area (Å²) in [6.45, 7) is 7.89. The lowest BCUT2D eigenvalue weighted by atomic mass is 10.1. The minimum Gasteiger partial charge on any atom is -0.380 e. The second-order valence-corrected chi connectivity index (χ2v) is 13.9. The molecule has 2 aromatic rings. The van der Waals surface area contributed by atoms with Crippen molar-refractivity contribution in [1.29, 1.82) is 0 Å². The quantitative estimate of drug-likeness (QED) is 0.354. The van der Waals surface area contributed by atoms with Crippen LogP contribution in [0.5, 0.6) is 0 Å². The van der Waals surface area contributed by atoms with Gasteiger partial charge in [-0.05, 0) is 46.3 Å². The van der Waals surface area contributed by atoms with Crippen molar-refractivity contribution < 1.29 is 14.2 Å². The smallest absolute Gasteiger partial charge is 0.145 e. The predicted octanol–water partition coefficient (Wildman–Crippen LogP) is 4.67. The van der Waals surface area contributed by atoms with Crippen LogP contribution < -0.4 is 0 Å². The lowest BCUT2D eigenvalue weighted by Gasteiger charge is -2.17. The van der Waals surface area contributed by atoms with Gasteiger partial charge in [0.15, 0.2) is 0 Å². The number of rotatable bonds is 7. The molecule has 1 aromatic carbocycles. The summed E-state index contributed by atoms with van der Waals surface area (Å²) >= 11 is 7.89. The summed E-state index contributed by atoms with van der Waals surface area (Å²) in [6, 6.07) is 5.23. The fourth-order valence-electron chi connectivity index (χ4n) is 2.09. The summed E-state index contributed by atoms with van der Waals surface area (Å²) in [7, 11) is -1.14. The Bertz CT molecular complexity index is 706. The molecule has 24 heavy (non-hydrogen) atoms. The Morgan fingerprint density at radius 1 is 1.42 bits per heavy atom. The summed E-state index contributed by atoms with van der Waals surface area (Å²) in [5.41, 5.74) is 0.492. The zero-order chi connectivity index (χ0) is 17.9. The van der Waals surface area contributed by atoms with Gasteiger partial charge in [-0.1, -0.05) is 37.3 Å². The topological polar surface area (TPSA) is 47.3 Å². The van der Waals surface area contributed by atoms with Gasteiger partial charge in [-0.15, -0.1) is 0 Å². The highest BCUT2D eigenvalue weighted by Crippen LogP contribution is 2.26. The lowest BCUT2D eigenvalue weighted by Crippen LogP contribution is -2.22. The zero-order valence-corrected chi connectivity index (χ0v) is 17.8. The van der Waals surface area contributed by atoms with Gasteiger partial charge in [-0.3, -0.25) is 0 Å². The number of nitrogens with zero attached hydrogens (tertiary/aromatic N) is 2. The van der Waals surface area contributed by atoms with Crippen molar-refractivity contribution in [3.05, 3.63) is 50.3 Å². The molecule has 0 saturated carbocycles. The van der Waals surface area contributed by atoms with Gasteiger partial charge in [0, 0.05) is 20.9 Å². The number of hydrogen-bond donors (Lipinski definition) is 1. The molecule has 132 valence electrons. The SMILES string of the molecule is C[Si](C)(C)CCOCn1cc(I)nc1C(O)c1ccc(F)c(Cl)c1. The maximum atomic E-state index is 13.3. The molecule has 0 aliphatic carbocycles. The van der Waals surface area contributed by atoms with E-state index in [2.05, 4.69) is 47.2 Å². The monoisotopic (exact) mass is 482 g/mol. The minimum absolute atomic E-state index is 0.0225. The molecule has 1 heterocycles. The first-order valence-electron chi connectivity index (χ1n) is 7.61. The number of imidazole rings is 1. The Labute approximate surface area is 161 Å². The van der Waals surface area contributed by atoms with Crippen LogP contribution in [0.4, 0.5) is 4.39 Å². The molecule has 0 aliphatic heterocycles. The van der Waals surface area contributed by atoms with E-state index in [1.54, 1.807) is 4.57 Å². The highest BCUT2D eigenvalue weighted by atomic mass is 127. The molecule has 1 atom stereocenters. The molecule has 1 N–H and O–H groups in total. The van der Waals surface area contributed by atoms with E-state index in [-0.39, 0.29) is 5.02 Å². The number of aliphatic hydroxyl groups is 1. The van der Waals surface area contributed by atoms with E-state index in [1.165, 1.54) is 18.2 Å². The summed E-state index contributed by atoms with van der Waals surface area (Å²) in [4.78, 5) is 4.36. The Balaban J connectivity index is 2.11. The van der Waals surface area contributed by atoms with Gasteiger partial charge in [-0.25, -0.2) is 9.37 Å². The molecule has 4 nitrogen and oxygen atoms in total. The van der Waals surface area contributed by atoms with Crippen molar-refractivity contribution in [3.8, 4) is 0 Å². The first kappa shape index (κ1) is 19.8. The van der Waals surface area contributed by atoms with Crippen molar-refractivity contribution in [3.63, 3.8) is 0 Å². The van der Waals surface area contributed by atoms with E-state index < -0.39 is 20.0 Å². The summed E-state index contributed by atoms with van der Waals surface area (Å²) in [5, 5.41) is 10.5. The van der Waals surface area contributed by atoms with E-state index in [9.17, 15) is 9.50 Å². The van der Waals surface area contributed by atoms with E-state index >= 15 is 0 Å². The molecular weight excluding hydrogens is 462 g/mol. The van der Waals surface area contributed by atoms with Crippen molar-refractivity contribution in [2.24, 2.45) is 0 Å². The van der Waals surface area contributed by atoms with Crippen LogP contribution in [0.3, 0.4) is 0 Å². The van der Waals surface area contributed by atoms with Crippen molar-refractivity contribution in [2.75, 3.05) is 6.61 Å². The number of aromatic nitrogens is 2. The largest absolute Gasteiger partial charge is 0.380 e.